The molecule has 0 aromatic carbocycles. The third kappa shape index (κ3) is 34.7. The molecule has 0 bridgehead atoms. The van der Waals surface area contributed by atoms with E-state index in [1.807, 2.05) is 21.1 Å². The van der Waals surface area contributed by atoms with Gasteiger partial charge in [0.15, 0.2) is 11.9 Å². The predicted molar refractivity (Wildman–Crippen MR) is 215 cm³/mol. The van der Waals surface area contributed by atoms with E-state index in [1.54, 1.807) is 0 Å². The van der Waals surface area contributed by atoms with Crippen LogP contribution >= 0.6 is 7.82 Å². The maximum absolute atomic E-state index is 13.1. The number of esters is 1. The number of hydrogen-bond acceptors (Lipinski definition) is 7. The quantitative estimate of drug-likeness (QED) is 0.0209. The van der Waals surface area contributed by atoms with Gasteiger partial charge in [0.1, 0.15) is 12.6 Å². The van der Waals surface area contributed by atoms with Crippen LogP contribution in [0.25, 0.3) is 0 Å². The number of rotatable bonds is 39. The van der Waals surface area contributed by atoms with Gasteiger partial charge in [-0.1, -0.05) is 154 Å². The molecule has 2 N–H and O–H groups in total. The van der Waals surface area contributed by atoms with Crippen LogP contribution in [0.4, 0.5) is 0 Å². The van der Waals surface area contributed by atoms with Crippen LogP contribution in [0.2, 0.25) is 0 Å². The number of Topliss-reactive ketones (excluding diaryl/α,β-unsaturated/α-hetero) is 1. The lowest BCUT2D eigenvalue weighted by Gasteiger charge is -2.29. The summed E-state index contributed by atoms with van der Waals surface area (Å²) in [6.07, 6.45) is 33.7. The number of unbranched alkanes of at least 4 members (excludes halogenated alkanes) is 23. The number of aliphatic hydroxyl groups is 1. The number of quaternary nitrogens is 1. The van der Waals surface area contributed by atoms with Gasteiger partial charge >= 0.3 is 13.8 Å². The van der Waals surface area contributed by atoms with Crippen LogP contribution in [0.1, 0.15) is 194 Å². The lowest BCUT2D eigenvalue weighted by atomic mass is 10.0. The summed E-state index contributed by atoms with van der Waals surface area (Å²) >= 11 is 0. The van der Waals surface area contributed by atoms with Crippen LogP contribution in [0.5, 0.6) is 0 Å². The van der Waals surface area contributed by atoms with Gasteiger partial charge < -0.3 is 19.2 Å². The monoisotopic (exact) mass is 761 g/mol. The van der Waals surface area contributed by atoms with E-state index in [-0.39, 0.29) is 25.2 Å². The summed E-state index contributed by atoms with van der Waals surface area (Å²) in [7, 11) is 0.990. The fraction of sp³-hybridized carbons (Fsp3) is 0.905. The first kappa shape index (κ1) is 50.9. The Morgan fingerprint density at radius 3 is 1.46 bits per heavy atom. The van der Waals surface area contributed by atoms with Gasteiger partial charge in [0, 0.05) is 12.8 Å². The zero-order valence-corrected chi connectivity index (χ0v) is 35.4. The van der Waals surface area contributed by atoms with Gasteiger partial charge in [-0.3, -0.25) is 18.6 Å². The number of nitrogens with zero attached hydrogens (tertiary/aromatic N) is 1. The summed E-state index contributed by atoms with van der Waals surface area (Å²) in [5.74, 6) is -0.705. The summed E-state index contributed by atoms with van der Waals surface area (Å²) in [5.41, 5.74) is 0. The third-order valence-electron chi connectivity index (χ3n) is 9.43. The molecule has 52 heavy (non-hydrogen) atoms. The largest absolute Gasteiger partial charge is 0.473 e. The average Bonchev–Trinajstić information content (AvgIpc) is 3.09. The highest BCUT2D eigenvalue weighted by atomic mass is 31.2. The Bertz CT molecular complexity index is 922. The maximum atomic E-state index is 13.1. The van der Waals surface area contributed by atoms with Crippen molar-refractivity contribution < 1.29 is 42.4 Å². The molecule has 10 heteroatoms. The molecular formula is C42H83NO8P+. The van der Waals surface area contributed by atoms with E-state index in [0.29, 0.717) is 17.3 Å². The molecule has 0 aromatic rings. The fourth-order valence-corrected chi connectivity index (χ4v) is 7.17. The first-order valence-corrected chi connectivity index (χ1v) is 22.9. The zero-order valence-electron chi connectivity index (χ0n) is 34.5. The van der Waals surface area contributed by atoms with Gasteiger partial charge in [0.2, 0.25) is 0 Å². The van der Waals surface area contributed by atoms with E-state index in [9.17, 15) is 24.2 Å². The molecule has 9 nitrogen and oxygen atoms in total. The van der Waals surface area contributed by atoms with Gasteiger partial charge in [-0.25, -0.2) is 4.57 Å². The van der Waals surface area contributed by atoms with Crippen LogP contribution in [0.3, 0.4) is 0 Å². The van der Waals surface area contributed by atoms with Crippen molar-refractivity contribution in [2.24, 2.45) is 0 Å². The molecular weight excluding hydrogens is 677 g/mol. The van der Waals surface area contributed by atoms with Crippen LogP contribution in [-0.2, 0) is 27.9 Å². The minimum Gasteiger partial charge on any atom is -0.457 e. The van der Waals surface area contributed by atoms with Crippen molar-refractivity contribution in [3.63, 3.8) is 0 Å². The van der Waals surface area contributed by atoms with Crippen LogP contribution in [0, 0.1) is 0 Å². The van der Waals surface area contributed by atoms with Gasteiger partial charge in [-0.05, 0) is 38.5 Å². The number of likely N-dealkylation sites (N-methyl/N-ethyl adjacent to an activating group) is 1. The lowest BCUT2D eigenvalue weighted by molar-refractivity contribution is -0.872. The Morgan fingerprint density at radius 2 is 1.04 bits per heavy atom. The molecule has 0 saturated heterocycles. The number of phosphoric ester groups is 1. The van der Waals surface area contributed by atoms with Crippen LogP contribution < -0.4 is 0 Å². The van der Waals surface area contributed by atoms with E-state index < -0.39 is 39.2 Å². The number of allylic oxidation sites excluding steroid dienone is 2. The molecule has 0 saturated carbocycles. The van der Waals surface area contributed by atoms with E-state index in [0.717, 1.165) is 51.4 Å². The number of hydrogen-bond donors (Lipinski definition) is 2. The highest BCUT2D eigenvalue weighted by Gasteiger charge is 2.35. The van der Waals surface area contributed by atoms with E-state index in [1.165, 1.54) is 103 Å². The molecule has 0 spiro atoms. The molecule has 308 valence electrons. The fourth-order valence-electron chi connectivity index (χ4n) is 6.25. The molecule has 2 unspecified atom stereocenters. The molecule has 0 amide bonds. The number of carbonyl (C=O) groups is 2. The first-order chi connectivity index (χ1) is 24.9. The molecule has 0 aliphatic heterocycles. The molecule has 0 aliphatic carbocycles. The smallest absolute Gasteiger partial charge is 0.457 e. The summed E-state index contributed by atoms with van der Waals surface area (Å²) < 4.78 is 29.0. The van der Waals surface area contributed by atoms with Crippen molar-refractivity contribution in [3.05, 3.63) is 12.2 Å². The highest BCUT2D eigenvalue weighted by molar-refractivity contribution is 7.47. The van der Waals surface area contributed by atoms with E-state index in [4.69, 9.17) is 13.8 Å². The topological polar surface area (TPSA) is 119 Å². The molecule has 0 fully saturated rings. The zero-order chi connectivity index (χ0) is 38.8. The van der Waals surface area contributed by atoms with E-state index in [2.05, 4.69) is 26.0 Å². The number of ether oxygens (including phenoxy) is 1. The Balaban J connectivity index is 4.29. The van der Waals surface area contributed by atoms with Gasteiger partial charge in [0.25, 0.3) is 0 Å². The van der Waals surface area contributed by atoms with Gasteiger partial charge in [-0.2, -0.15) is 0 Å². The minimum absolute atomic E-state index is 0.208. The average molecular weight is 761 g/mol. The number of carbonyl (C=O) groups excluding carboxylic acids is 2. The molecule has 0 radical (unpaired) electrons. The lowest BCUT2D eigenvalue weighted by Crippen LogP contribution is -2.45. The minimum atomic E-state index is -4.66. The first-order valence-electron chi connectivity index (χ1n) is 21.4. The Labute approximate surface area is 320 Å². The van der Waals surface area contributed by atoms with Gasteiger partial charge in [-0.15, -0.1) is 0 Å². The van der Waals surface area contributed by atoms with Crippen LogP contribution in [0.15, 0.2) is 12.2 Å². The van der Waals surface area contributed by atoms with Crippen molar-refractivity contribution in [1.82, 2.24) is 0 Å². The van der Waals surface area contributed by atoms with Crippen LogP contribution in [-0.4, -0.2) is 79.3 Å². The predicted octanol–water partition coefficient (Wildman–Crippen LogP) is 11.2. The summed E-state index contributed by atoms with van der Waals surface area (Å²) in [5, 5.41) is 9.72. The van der Waals surface area contributed by atoms with Crippen molar-refractivity contribution in [2.45, 2.75) is 206 Å². The summed E-state index contributed by atoms with van der Waals surface area (Å²) in [4.78, 5) is 35.9. The van der Waals surface area contributed by atoms with Crippen molar-refractivity contribution in [1.29, 1.82) is 0 Å². The van der Waals surface area contributed by atoms with Crippen molar-refractivity contribution >= 4 is 19.6 Å². The molecule has 0 rings (SSSR count). The highest BCUT2D eigenvalue weighted by Crippen LogP contribution is 2.45. The van der Waals surface area contributed by atoms with E-state index >= 15 is 0 Å². The molecule has 0 heterocycles. The second-order valence-electron chi connectivity index (χ2n) is 15.9. The summed E-state index contributed by atoms with van der Waals surface area (Å²) in [6, 6.07) is 0. The molecule has 0 aliphatic rings. The molecule has 3 atom stereocenters. The number of phosphoric acid groups is 1. The Hall–Kier alpha value is -1.09. The standard InChI is InChI=1S/C42H82NO8P/c1-6-8-10-12-14-16-18-20-21-23-25-27-29-31-33-35-42(46)50-39(37-44)38-49-52(47,48)51-41(36-43(3,4)5)40(45)34-32-30-28-26-24-22-19-17-15-13-11-9-7-2/h20-21,39,41,44H,6-19,22-38H2,1-5H3/p+1/b21-20-/t39-,41?/m1/s1. The number of ketones is 1. The normalized spacial score (nSPS) is 14.4. The Morgan fingerprint density at radius 1 is 0.635 bits per heavy atom. The molecule has 0 aromatic heterocycles. The Kier molecular flexibility index (Phi) is 33.7. The van der Waals surface area contributed by atoms with Crippen molar-refractivity contribution in [3.8, 4) is 0 Å². The third-order valence-corrected chi connectivity index (χ3v) is 10.4. The second kappa shape index (κ2) is 34.4. The SMILES string of the molecule is CCCCCCCC/C=C\CCCCCCCC(=O)O[C@H](CO)COP(=O)(O)OC(C[N+](C)(C)C)C(=O)CCCCCCCCCCCCCCC. The second-order valence-corrected chi connectivity index (χ2v) is 17.3. The maximum Gasteiger partial charge on any atom is 0.473 e. The number of aliphatic hydroxyl groups excluding tert-OH is 1. The summed E-state index contributed by atoms with van der Waals surface area (Å²) in [6.45, 7) is 3.63. The van der Waals surface area contributed by atoms with Gasteiger partial charge in [0.05, 0.1) is 34.4 Å². The van der Waals surface area contributed by atoms with Crippen molar-refractivity contribution in [2.75, 3.05) is 40.9 Å².